The fourth-order valence-corrected chi connectivity index (χ4v) is 2.99. The van der Waals surface area contributed by atoms with E-state index in [0.717, 1.165) is 5.56 Å². The van der Waals surface area contributed by atoms with Gasteiger partial charge in [-0.25, -0.2) is 0 Å². The van der Waals surface area contributed by atoms with Crippen LogP contribution in [0.15, 0.2) is 54.6 Å². The van der Waals surface area contributed by atoms with E-state index < -0.39 is 6.10 Å². The molecule has 2 aliphatic heterocycles. The topological polar surface area (TPSA) is 47.9 Å². The van der Waals surface area contributed by atoms with Crippen LogP contribution in [0.3, 0.4) is 0 Å². The minimum atomic E-state index is -0.618. The Morgan fingerprint density at radius 1 is 1.00 bits per heavy atom. The summed E-state index contributed by atoms with van der Waals surface area (Å²) in [5.41, 5.74) is 1.12. The molecule has 4 heteroatoms. The van der Waals surface area contributed by atoms with Crippen molar-refractivity contribution in [3.8, 4) is 0 Å². The average Bonchev–Trinajstić information content (AvgIpc) is 2.89. The van der Waals surface area contributed by atoms with Crippen LogP contribution in [0.1, 0.15) is 5.56 Å². The molecule has 114 valence electrons. The highest BCUT2D eigenvalue weighted by Gasteiger charge is 2.41. The van der Waals surface area contributed by atoms with Crippen LogP contribution in [0, 0.1) is 0 Å². The lowest BCUT2D eigenvalue weighted by atomic mass is 10.1. The number of rotatable bonds is 4. The zero-order chi connectivity index (χ0) is 14.9. The quantitative estimate of drug-likeness (QED) is 0.881. The molecule has 1 N–H and O–H groups in total. The molecule has 2 aromatic rings. The Kier molecular flexibility index (Phi) is 3.68. The van der Waals surface area contributed by atoms with E-state index in [0.29, 0.717) is 13.2 Å². The van der Waals surface area contributed by atoms with Gasteiger partial charge in [-0.3, -0.25) is 0 Å². The van der Waals surface area contributed by atoms with Gasteiger partial charge in [-0.1, -0.05) is 42.5 Å². The van der Waals surface area contributed by atoms with Crippen molar-refractivity contribution >= 4 is 10.8 Å². The van der Waals surface area contributed by atoms with Crippen molar-refractivity contribution in [1.82, 2.24) is 0 Å². The van der Waals surface area contributed by atoms with E-state index in [1.54, 1.807) is 12.2 Å². The van der Waals surface area contributed by atoms with Gasteiger partial charge in [0.25, 0.3) is 0 Å². The first-order chi connectivity index (χ1) is 10.8. The van der Waals surface area contributed by atoms with Crippen molar-refractivity contribution in [2.45, 2.75) is 31.2 Å². The molecular formula is C18H18O4. The summed E-state index contributed by atoms with van der Waals surface area (Å²) < 4.78 is 17.0. The van der Waals surface area contributed by atoms with E-state index in [2.05, 4.69) is 30.3 Å². The van der Waals surface area contributed by atoms with Gasteiger partial charge in [0.1, 0.15) is 18.3 Å². The molecular weight excluding hydrogens is 280 g/mol. The van der Waals surface area contributed by atoms with Crippen molar-refractivity contribution < 1.29 is 19.3 Å². The summed E-state index contributed by atoms with van der Waals surface area (Å²) in [7, 11) is 0. The van der Waals surface area contributed by atoms with Gasteiger partial charge < -0.3 is 19.3 Å². The third-order valence-corrected chi connectivity index (χ3v) is 4.13. The fraction of sp³-hybridized carbons (Fsp3) is 0.333. The maximum atomic E-state index is 9.85. The summed E-state index contributed by atoms with van der Waals surface area (Å²) in [6.45, 7) is 0.929. The lowest BCUT2D eigenvalue weighted by molar-refractivity contribution is -0.0563. The van der Waals surface area contributed by atoms with Gasteiger partial charge in [0.05, 0.1) is 13.2 Å². The highest BCUT2D eigenvalue weighted by molar-refractivity contribution is 5.82. The molecule has 0 amide bonds. The maximum Gasteiger partial charge on any atom is 0.178 e. The number of ether oxygens (including phenoxy) is 3. The SMILES string of the molecule is O[C@H]1C=C[C@@H]2O[C@H]1[C@@H](COCc1ccc3ccccc3c1)O2. The van der Waals surface area contributed by atoms with Gasteiger partial charge >= 0.3 is 0 Å². The lowest BCUT2D eigenvalue weighted by Gasteiger charge is -2.21. The summed E-state index contributed by atoms with van der Waals surface area (Å²) in [6, 6.07) is 14.6. The molecule has 0 spiro atoms. The predicted molar refractivity (Wildman–Crippen MR) is 82.3 cm³/mol. The Morgan fingerprint density at radius 3 is 2.77 bits per heavy atom. The second-order valence-electron chi connectivity index (χ2n) is 5.72. The van der Waals surface area contributed by atoms with Crippen molar-refractivity contribution in [3.63, 3.8) is 0 Å². The highest BCUT2D eigenvalue weighted by Crippen LogP contribution is 2.28. The van der Waals surface area contributed by atoms with E-state index in [1.807, 2.05) is 12.1 Å². The molecule has 22 heavy (non-hydrogen) atoms. The van der Waals surface area contributed by atoms with E-state index in [-0.39, 0.29) is 18.5 Å². The van der Waals surface area contributed by atoms with Gasteiger partial charge in [-0.15, -0.1) is 0 Å². The van der Waals surface area contributed by atoms with Crippen LogP contribution in [0.4, 0.5) is 0 Å². The molecule has 0 aliphatic carbocycles. The summed E-state index contributed by atoms with van der Waals surface area (Å²) in [6.07, 6.45) is 1.95. The second-order valence-corrected chi connectivity index (χ2v) is 5.72. The van der Waals surface area contributed by atoms with E-state index in [4.69, 9.17) is 14.2 Å². The Balaban J connectivity index is 1.36. The Bertz CT molecular complexity index is 696. The largest absolute Gasteiger partial charge is 0.386 e. The van der Waals surface area contributed by atoms with Crippen LogP contribution in [0.2, 0.25) is 0 Å². The van der Waals surface area contributed by atoms with Gasteiger partial charge in [0.15, 0.2) is 6.29 Å². The summed E-state index contributed by atoms with van der Waals surface area (Å²) in [4.78, 5) is 0. The molecule has 2 bridgehead atoms. The zero-order valence-electron chi connectivity index (χ0n) is 12.1. The van der Waals surface area contributed by atoms with Crippen LogP contribution < -0.4 is 0 Å². The van der Waals surface area contributed by atoms with E-state index >= 15 is 0 Å². The van der Waals surface area contributed by atoms with Crippen LogP contribution in [0.5, 0.6) is 0 Å². The molecule has 4 rings (SSSR count). The number of hydrogen-bond acceptors (Lipinski definition) is 4. The zero-order valence-corrected chi connectivity index (χ0v) is 12.1. The van der Waals surface area contributed by atoms with Gasteiger partial charge in [-0.05, 0) is 28.5 Å². The summed E-state index contributed by atoms with van der Waals surface area (Å²) >= 11 is 0. The number of aliphatic hydroxyl groups excluding tert-OH is 1. The fourth-order valence-electron chi connectivity index (χ4n) is 2.99. The highest BCUT2D eigenvalue weighted by atomic mass is 16.7. The molecule has 0 radical (unpaired) electrons. The third-order valence-electron chi connectivity index (χ3n) is 4.13. The molecule has 2 heterocycles. The molecule has 0 saturated carbocycles. The number of hydrogen-bond donors (Lipinski definition) is 1. The Hall–Kier alpha value is -1.72. The van der Waals surface area contributed by atoms with Crippen LogP contribution in [0.25, 0.3) is 10.8 Å². The van der Waals surface area contributed by atoms with Gasteiger partial charge in [0.2, 0.25) is 0 Å². The third kappa shape index (κ3) is 2.66. The van der Waals surface area contributed by atoms with Gasteiger partial charge in [-0.2, -0.15) is 0 Å². The molecule has 2 aliphatic rings. The predicted octanol–water partition coefficient (Wildman–Crippen LogP) is 2.40. The van der Waals surface area contributed by atoms with Crippen LogP contribution in [-0.4, -0.2) is 36.3 Å². The van der Waals surface area contributed by atoms with E-state index in [9.17, 15) is 5.11 Å². The molecule has 4 atom stereocenters. The lowest BCUT2D eigenvalue weighted by Crippen LogP contribution is -2.37. The average molecular weight is 298 g/mol. The first-order valence-electron chi connectivity index (χ1n) is 7.52. The first kappa shape index (κ1) is 13.9. The molecule has 1 saturated heterocycles. The standard InChI is InChI=1S/C18H18O4/c19-15-7-8-17-21-16(18(15)22-17)11-20-10-12-5-6-13-3-1-2-4-14(13)9-12/h1-9,15-19H,10-11H2/t15-,16+,17-,18+/m0/s1. The monoisotopic (exact) mass is 298 g/mol. The van der Waals surface area contributed by atoms with Gasteiger partial charge in [0, 0.05) is 0 Å². The maximum absolute atomic E-state index is 9.85. The van der Waals surface area contributed by atoms with Crippen LogP contribution in [-0.2, 0) is 20.8 Å². The first-order valence-corrected chi connectivity index (χ1v) is 7.52. The molecule has 0 aromatic heterocycles. The van der Waals surface area contributed by atoms with Crippen molar-refractivity contribution in [2.24, 2.45) is 0 Å². The molecule has 2 aromatic carbocycles. The van der Waals surface area contributed by atoms with Crippen molar-refractivity contribution in [1.29, 1.82) is 0 Å². The Morgan fingerprint density at radius 2 is 1.86 bits per heavy atom. The Labute approximate surface area is 128 Å². The van der Waals surface area contributed by atoms with Crippen molar-refractivity contribution in [3.05, 3.63) is 60.2 Å². The molecule has 4 nitrogen and oxygen atoms in total. The van der Waals surface area contributed by atoms with E-state index in [1.165, 1.54) is 10.8 Å². The van der Waals surface area contributed by atoms with Crippen LogP contribution >= 0.6 is 0 Å². The minimum Gasteiger partial charge on any atom is -0.386 e. The number of fused-ring (bicyclic) bond motifs is 3. The normalized spacial score (nSPS) is 30.0. The summed E-state index contributed by atoms with van der Waals surface area (Å²) in [5, 5.41) is 12.3. The minimum absolute atomic E-state index is 0.226. The molecule has 1 fully saturated rings. The number of aliphatic hydroxyl groups is 1. The smallest absolute Gasteiger partial charge is 0.178 e. The second kappa shape index (κ2) is 5.82. The summed E-state index contributed by atoms with van der Waals surface area (Å²) in [5.74, 6) is 0. The molecule has 0 unspecified atom stereocenters. The van der Waals surface area contributed by atoms with Crippen molar-refractivity contribution in [2.75, 3.05) is 6.61 Å². The number of benzene rings is 2.